The van der Waals surface area contributed by atoms with Gasteiger partial charge in [-0.2, -0.15) is 0 Å². The smallest absolute Gasteiger partial charge is 0.259 e. The van der Waals surface area contributed by atoms with Gasteiger partial charge in [-0.25, -0.2) is 0 Å². The van der Waals surface area contributed by atoms with Crippen LogP contribution in [0.15, 0.2) is 96.3 Å². The van der Waals surface area contributed by atoms with Crippen molar-refractivity contribution < 1.29 is 23.9 Å². The van der Waals surface area contributed by atoms with Crippen LogP contribution in [0.5, 0.6) is 5.75 Å². The Morgan fingerprint density at radius 2 is 1.29 bits per heavy atom. The van der Waals surface area contributed by atoms with Gasteiger partial charge in [0, 0.05) is 23.3 Å². The van der Waals surface area contributed by atoms with Crippen molar-refractivity contribution in [3.05, 3.63) is 113 Å². The lowest BCUT2D eigenvalue weighted by Crippen LogP contribution is -2.37. The largest absolute Gasteiger partial charge is 0.497 e. The van der Waals surface area contributed by atoms with Crippen LogP contribution in [0.3, 0.4) is 0 Å². The van der Waals surface area contributed by atoms with Gasteiger partial charge in [0.1, 0.15) is 18.1 Å². The van der Waals surface area contributed by atoms with Crippen LogP contribution in [0.1, 0.15) is 38.0 Å². The third-order valence-corrected chi connectivity index (χ3v) is 5.69. The van der Waals surface area contributed by atoms with Crippen LogP contribution in [0.2, 0.25) is 0 Å². The molecule has 3 aromatic rings. The van der Waals surface area contributed by atoms with Crippen molar-refractivity contribution >= 4 is 17.6 Å². The lowest BCUT2D eigenvalue weighted by molar-refractivity contribution is 0.0669. The van der Waals surface area contributed by atoms with E-state index in [0.717, 1.165) is 0 Å². The van der Waals surface area contributed by atoms with Crippen molar-refractivity contribution in [2.75, 3.05) is 27.0 Å². The second kappa shape index (κ2) is 10.8. The van der Waals surface area contributed by atoms with Crippen molar-refractivity contribution in [1.29, 1.82) is 0 Å². The molecule has 1 aliphatic rings. The number of ketones is 1. The van der Waals surface area contributed by atoms with Gasteiger partial charge in [0.05, 0.1) is 19.4 Å². The fourth-order valence-electron chi connectivity index (χ4n) is 3.88. The average molecular weight is 471 g/mol. The molecule has 3 aromatic carbocycles. The third-order valence-electron chi connectivity index (χ3n) is 5.69. The molecule has 1 aliphatic heterocycles. The molecular formula is C28H26N2O5. The van der Waals surface area contributed by atoms with Crippen molar-refractivity contribution in [1.82, 2.24) is 9.80 Å². The summed E-state index contributed by atoms with van der Waals surface area (Å²) in [6.07, 6.45) is 0. The van der Waals surface area contributed by atoms with Gasteiger partial charge >= 0.3 is 0 Å². The molecule has 1 heterocycles. The number of allylic oxidation sites excluding steroid dienone is 1. The number of hydrogen-bond acceptors (Lipinski definition) is 5. The average Bonchev–Trinajstić information content (AvgIpc) is 3.30. The zero-order valence-corrected chi connectivity index (χ0v) is 19.6. The molecule has 35 heavy (non-hydrogen) atoms. The number of carbonyl (C=O) groups excluding carboxylic acids is 3. The fraction of sp³-hybridized carbons (Fsp3) is 0.179. The summed E-state index contributed by atoms with van der Waals surface area (Å²) >= 11 is 0. The minimum Gasteiger partial charge on any atom is -0.497 e. The summed E-state index contributed by atoms with van der Waals surface area (Å²) in [6, 6.07) is 24.1. The Morgan fingerprint density at radius 1 is 0.743 bits per heavy atom. The molecule has 7 nitrogen and oxygen atoms in total. The zero-order valence-electron chi connectivity index (χ0n) is 19.6. The van der Waals surface area contributed by atoms with Crippen molar-refractivity contribution in [2.24, 2.45) is 0 Å². The van der Waals surface area contributed by atoms with Crippen molar-refractivity contribution in [3.8, 4) is 5.75 Å². The van der Waals surface area contributed by atoms with Gasteiger partial charge in [0.25, 0.3) is 11.8 Å². The van der Waals surface area contributed by atoms with E-state index < -0.39 is 0 Å². The van der Waals surface area contributed by atoms with E-state index in [2.05, 4.69) is 0 Å². The molecule has 0 aliphatic carbocycles. The molecule has 2 amide bonds. The second-order valence-electron chi connectivity index (χ2n) is 7.83. The highest BCUT2D eigenvalue weighted by Crippen LogP contribution is 2.31. The van der Waals surface area contributed by atoms with E-state index in [0.29, 0.717) is 34.7 Å². The Balaban J connectivity index is 1.82. The molecule has 0 bridgehead atoms. The van der Waals surface area contributed by atoms with Gasteiger partial charge in [0.15, 0.2) is 0 Å². The summed E-state index contributed by atoms with van der Waals surface area (Å²) in [6.45, 7) is 2.12. The van der Waals surface area contributed by atoms with E-state index >= 15 is 0 Å². The minimum atomic E-state index is -0.380. The molecule has 0 saturated heterocycles. The molecule has 0 N–H and O–H groups in total. The SMILES string of the molecule is CCOCC1=C(C(=O)c2ccc(OC)cc2)N(C(=O)c2ccccc2)CN1C(=O)c1ccccc1. The van der Waals surface area contributed by atoms with Crippen LogP contribution in [-0.2, 0) is 4.74 Å². The number of ether oxygens (including phenoxy) is 2. The maximum Gasteiger partial charge on any atom is 0.259 e. The van der Waals surface area contributed by atoms with Crippen LogP contribution in [0.4, 0.5) is 0 Å². The van der Waals surface area contributed by atoms with Crippen molar-refractivity contribution in [3.63, 3.8) is 0 Å². The first kappa shape index (κ1) is 23.9. The predicted octanol–water partition coefficient (Wildman–Crippen LogP) is 4.38. The monoisotopic (exact) mass is 470 g/mol. The summed E-state index contributed by atoms with van der Waals surface area (Å²) in [4.78, 5) is 43.6. The predicted molar refractivity (Wildman–Crippen MR) is 131 cm³/mol. The number of Topliss-reactive ketones (excluding diaryl/α,β-unsaturated/α-hetero) is 1. The molecule has 0 saturated carbocycles. The molecular weight excluding hydrogens is 444 g/mol. The Hall–Kier alpha value is -4.23. The van der Waals surface area contributed by atoms with E-state index in [9.17, 15) is 14.4 Å². The highest BCUT2D eigenvalue weighted by Gasteiger charge is 2.40. The summed E-state index contributed by atoms with van der Waals surface area (Å²) in [7, 11) is 1.55. The molecule has 0 spiro atoms. The maximum atomic E-state index is 13.8. The minimum absolute atomic E-state index is 0.00483. The molecule has 0 fully saturated rings. The summed E-state index contributed by atoms with van der Waals surface area (Å²) < 4.78 is 10.9. The molecule has 0 atom stereocenters. The Morgan fingerprint density at radius 3 is 1.80 bits per heavy atom. The number of hydrogen-bond donors (Lipinski definition) is 0. The lowest BCUT2D eigenvalue weighted by atomic mass is 10.1. The molecule has 178 valence electrons. The number of amides is 2. The van der Waals surface area contributed by atoms with Gasteiger partial charge in [-0.15, -0.1) is 0 Å². The molecule has 0 radical (unpaired) electrons. The van der Waals surface area contributed by atoms with E-state index in [-0.39, 0.29) is 36.6 Å². The van der Waals surface area contributed by atoms with Crippen LogP contribution in [0.25, 0.3) is 0 Å². The first-order chi connectivity index (χ1) is 17.0. The highest BCUT2D eigenvalue weighted by atomic mass is 16.5. The second-order valence-corrected chi connectivity index (χ2v) is 7.83. The Labute approximate surface area is 204 Å². The number of carbonyl (C=O) groups is 3. The van der Waals surface area contributed by atoms with Gasteiger partial charge in [-0.1, -0.05) is 36.4 Å². The van der Waals surface area contributed by atoms with Crippen LogP contribution < -0.4 is 4.74 Å². The van der Waals surface area contributed by atoms with Gasteiger partial charge in [0.2, 0.25) is 5.78 Å². The van der Waals surface area contributed by atoms with Crippen LogP contribution in [0, 0.1) is 0 Å². The van der Waals surface area contributed by atoms with Gasteiger partial charge in [-0.3, -0.25) is 24.2 Å². The fourth-order valence-corrected chi connectivity index (χ4v) is 3.88. The van der Waals surface area contributed by atoms with Crippen LogP contribution >= 0.6 is 0 Å². The zero-order chi connectivity index (χ0) is 24.8. The third kappa shape index (κ3) is 5.00. The number of rotatable bonds is 8. The number of benzene rings is 3. The van der Waals surface area contributed by atoms with Crippen molar-refractivity contribution in [2.45, 2.75) is 6.92 Å². The standard InChI is InChI=1S/C28H26N2O5/c1-3-35-18-24-25(26(31)20-14-16-23(34-2)17-15-20)30(28(33)22-12-8-5-9-13-22)19-29(24)27(32)21-10-6-4-7-11-21/h4-17H,3,18-19H2,1-2H3. The molecule has 4 rings (SSSR count). The van der Waals surface area contributed by atoms with E-state index in [4.69, 9.17) is 9.47 Å². The van der Waals surface area contributed by atoms with Crippen LogP contribution in [-0.4, -0.2) is 54.4 Å². The van der Waals surface area contributed by atoms with E-state index in [1.807, 2.05) is 19.1 Å². The first-order valence-corrected chi connectivity index (χ1v) is 11.3. The summed E-state index contributed by atoms with van der Waals surface area (Å²) in [5, 5.41) is 0. The first-order valence-electron chi connectivity index (χ1n) is 11.3. The summed E-state index contributed by atoms with van der Waals surface area (Å²) in [5.41, 5.74) is 1.71. The molecule has 0 aromatic heterocycles. The van der Waals surface area contributed by atoms with E-state index in [1.54, 1.807) is 79.9 Å². The highest BCUT2D eigenvalue weighted by molar-refractivity contribution is 6.13. The Kier molecular flexibility index (Phi) is 7.38. The number of nitrogens with zero attached hydrogens (tertiary/aromatic N) is 2. The maximum absolute atomic E-state index is 13.8. The summed E-state index contributed by atoms with van der Waals surface area (Å²) in [5.74, 6) is -0.465. The number of methoxy groups -OCH3 is 1. The lowest BCUT2D eigenvalue weighted by Gasteiger charge is -2.22. The Bertz CT molecular complexity index is 1240. The quantitative estimate of drug-likeness (QED) is 0.457. The van der Waals surface area contributed by atoms with E-state index in [1.165, 1.54) is 9.80 Å². The molecule has 0 unspecified atom stereocenters. The normalized spacial score (nSPS) is 13.2. The molecule has 7 heteroatoms. The topological polar surface area (TPSA) is 76.2 Å². The van der Waals surface area contributed by atoms with Gasteiger partial charge in [-0.05, 0) is 55.5 Å². The van der Waals surface area contributed by atoms with Gasteiger partial charge < -0.3 is 9.47 Å².